The third kappa shape index (κ3) is 4.95. The Bertz CT molecular complexity index is 1570. The molecule has 2 aromatic carbocycles. The summed E-state index contributed by atoms with van der Waals surface area (Å²) in [6.07, 6.45) is 2.87. The highest BCUT2D eigenvalue weighted by Gasteiger charge is 2.49. The molecule has 11 heteroatoms. The minimum Gasteiger partial charge on any atom is -0.459 e. The second kappa shape index (κ2) is 9.97. The van der Waals surface area contributed by atoms with Crippen LogP contribution in [-0.4, -0.2) is 41.9 Å². The minimum atomic E-state index is -4.43. The number of urea groups is 1. The van der Waals surface area contributed by atoms with Crippen LogP contribution in [0.5, 0.6) is 0 Å². The van der Waals surface area contributed by atoms with Gasteiger partial charge in [0.05, 0.1) is 17.1 Å². The van der Waals surface area contributed by atoms with Crippen LogP contribution in [0.2, 0.25) is 0 Å². The molecular weight excluding hydrogens is 538 g/mol. The molecule has 0 saturated carbocycles. The van der Waals surface area contributed by atoms with Gasteiger partial charge in [-0.15, -0.1) is 11.3 Å². The molecule has 0 bridgehead atoms. The first-order valence-corrected chi connectivity index (χ1v) is 14.5. The Hall–Kier alpha value is -3.96. The van der Waals surface area contributed by atoms with Crippen molar-refractivity contribution >= 4 is 38.4 Å². The zero-order valence-corrected chi connectivity index (χ0v) is 23.5. The van der Waals surface area contributed by atoms with Gasteiger partial charge >= 0.3 is 12.0 Å². The van der Waals surface area contributed by atoms with Gasteiger partial charge in [-0.1, -0.05) is 60.7 Å². The van der Waals surface area contributed by atoms with E-state index in [0.717, 1.165) is 22.5 Å². The number of carbonyl (C=O) groups excluding carboxylic acids is 2. The predicted molar refractivity (Wildman–Crippen MR) is 147 cm³/mol. The van der Waals surface area contributed by atoms with Crippen LogP contribution < -0.4 is 4.90 Å². The highest BCUT2D eigenvalue weighted by Crippen LogP contribution is 2.51. The third-order valence-corrected chi connectivity index (χ3v) is 9.36. The molecule has 39 heavy (non-hydrogen) atoms. The number of benzene rings is 2. The Morgan fingerprint density at radius 3 is 2.15 bits per heavy atom. The molecule has 202 valence electrons. The number of amides is 2. The van der Waals surface area contributed by atoms with E-state index in [0.29, 0.717) is 14.7 Å². The van der Waals surface area contributed by atoms with Crippen molar-refractivity contribution in [3.63, 3.8) is 0 Å². The fraction of sp³-hybridized carbons (Fsp3) is 0.250. The van der Waals surface area contributed by atoms with Crippen molar-refractivity contribution in [2.45, 2.75) is 44.2 Å². The van der Waals surface area contributed by atoms with Crippen LogP contribution in [0.1, 0.15) is 43.5 Å². The quantitative estimate of drug-likeness (QED) is 0.273. The Morgan fingerprint density at radius 1 is 1.05 bits per heavy atom. The van der Waals surface area contributed by atoms with Crippen LogP contribution in [0.25, 0.3) is 10.8 Å². The van der Waals surface area contributed by atoms with E-state index < -0.39 is 40.2 Å². The molecule has 5 rings (SSSR count). The number of thiophene rings is 1. The number of fused-ring (bicyclic) bond motifs is 1. The van der Waals surface area contributed by atoms with Crippen LogP contribution in [0, 0.1) is 6.92 Å². The smallest absolute Gasteiger partial charge is 0.340 e. The van der Waals surface area contributed by atoms with Gasteiger partial charge in [0, 0.05) is 0 Å². The Labute approximate surface area is 230 Å². The van der Waals surface area contributed by atoms with Crippen LogP contribution in [0.4, 0.5) is 9.80 Å². The van der Waals surface area contributed by atoms with Crippen molar-refractivity contribution in [2.75, 3.05) is 11.4 Å². The number of esters is 1. The van der Waals surface area contributed by atoms with E-state index in [9.17, 15) is 18.0 Å². The maximum Gasteiger partial charge on any atom is 0.340 e. The summed E-state index contributed by atoms with van der Waals surface area (Å²) in [5.74, 6) is -0.594. The minimum absolute atomic E-state index is 0.0688. The highest BCUT2D eigenvalue weighted by molar-refractivity contribution is 7.90. The molecule has 3 heterocycles. The molecule has 0 saturated heterocycles. The number of ether oxygens (including phenoxy) is 1. The number of hydrogen-bond acceptors (Lipinski definition) is 8. The maximum atomic E-state index is 14.2. The van der Waals surface area contributed by atoms with Gasteiger partial charge in [0.25, 0.3) is 10.0 Å². The van der Waals surface area contributed by atoms with Crippen molar-refractivity contribution in [3.8, 4) is 10.8 Å². The van der Waals surface area contributed by atoms with E-state index in [1.165, 1.54) is 17.4 Å². The van der Waals surface area contributed by atoms with Gasteiger partial charge < -0.3 is 9.15 Å². The first kappa shape index (κ1) is 26.6. The third-order valence-electron chi connectivity index (χ3n) is 6.07. The fourth-order valence-corrected chi connectivity index (χ4v) is 7.80. The summed E-state index contributed by atoms with van der Waals surface area (Å²) in [5, 5.41) is 0.226. The molecule has 0 spiro atoms. The van der Waals surface area contributed by atoms with Gasteiger partial charge in [0.2, 0.25) is 5.89 Å². The largest absolute Gasteiger partial charge is 0.459 e. The number of anilines is 1. The molecule has 4 aromatic rings. The van der Waals surface area contributed by atoms with Gasteiger partial charge in [0.1, 0.15) is 28.3 Å². The number of aromatic nitrogens is 1. The lowest BCUT2D eigenvalue weighted by molar-refractivity contribution is -0.154. The zero-order valence-electron chi connectivity index (χ0n) is 21.8. The normalized spacial score (nSPS) is 14.9. The lowest BCUT2D eigenvalue weighted by atomic mass is 9.97. The van der Waals surface area contributed by atoms with Crippen molar-refractivity contribution in [2.24, 2.45) is 0 Å². The van der Waals surface area contributed by atoms with Gasteiger partial charge in [-0.25, -0.2) is 22.5 Å². The Kier molecular flexibility index (Phi) is 6.81. The van der Waals surface area contributed by atoms with Gasteiger partial charge in [-0.05, 0) is 44.4 Å². The monoisotopic (exact) mass is 565 g/mol. The second-order valence-corrected chi connectivity index (χ2v) is 12.8. The second-order valence-electron chi connectivity index (χ2n) is 10.0. The maximum absolute atomic E-state index is 14.2. The molecule has 0 atom stereocenters. The lowest BCUT2D eigenvalue weighted by Crippen LogP contribution is -2.53. The summed E-state index contributed by atoms with van der Waals surface area (Å²) in [4.78, 5) is 33.1. The van der Waals surface area contributed by atoms with E-state index in [4.69, 9.17) is 9.15 Å². The summed E-state index contributed by atoms with van der Waals surface area (Å²) >= 11 is 1.11. The molecule has 0 fully saturated rings. The molecule has 2 aromatic heterocycles. The number of hydrogen-bond donors (Lipinski definition) is 0. The van der Waals surface area contributed by atoms with Gasteiger partial charge in [-0.2, -0.15) is 0 Å². The number of carbonyl (C=O) groups is 2. The van der Waals surface area contributed by atoms with Crippen molar-refractivity contribution in [3.05, 3.63) is 89.8 Å². The highest BCUT2D eigenvalue weighted by atomic mass is 32.2. The topological polar surface area (TPSA) is 110 Å². The molecule has 2 amide bonds. The fourth-order valence-electron chi connectivity index (χ4n) is 4.54. The summed E-state index contributed by atoms with van der Waals surface area (Å²) < 4.78 is 39.5. The Morgan fingerprint density at radius 2 is 1.64 bits per heavy atom. The van der Waals surface area contributed by atoms with E-state index in [2.05, 4.69) is 4.98 Å². The summed E-state index contributed by atoms with van der Waals surface area (Å²) in [6, 6.07) is 17.1. The van der Waals surface area contributed by atoms with E-state index in [1.807, 2.05) is 60.7 Å². The van der Waals surface area contributed by atoms with Crippen molar-refractivity contribution < 1.29 is 27.2 Å². The average molecular weight is 566 g/mol. The summed E-state index contributed by atoms with van der Waals surface area (Å²) in [7, 11) is -4.43. The van der Waals surface area contributed by atoms with Crippen LogP contribution >= 0.6 is 11.3 Å². The first-order valence-electron chi connectivity index (χ1n) is 12.2. The molecule has 9 nitrogen and oxygen atoms in total. The lowest BCUT2D eigenvalue weighted by Gasteiger charge is -2.39. The Balaban J connectivity index is 1.75. The SMILES string of the molecule is Cc1c(-c2ncco2)sc2c1S(=O)(=O)N(CC(=O)OC(C)(C)C)C(=O)N2C(c1ccccc1)c1ccccc1. The number of nitrogens with zero attached hydrogens (tertiary/aromatic N) is 3. The molecule has 1 aliphatic heterocycles. The molecule has 0 radical (unpaired) electrons. The van der Waals surface area contributed by atoms with E-state index >= 15 is 0 Å². The molecule has 0 N–H and O–H groups in total. The average Bonchev–Trinajstić information content (AvgIpc) is 3.53. The first-order chi connectivity index (χ1) is 18.5. The summed E-state index contributed by atoms with van der Waals surface area (Å²) in [6.45, 7) is 5.90. The summed E-state index contributed by atoms with van der Waals surface area (Å²) in [5.41, 5.74) is 1.05. The number of rotatable bonds is 6. The molecule has 0 aliphatic carbocycles. The van der Waals surface area contributed by atoms with Gasteiger partial charge in [0.15, 0.2) is 0 Å². The molecule has 1 aliphatic rings. The molecular formula is C28H27N3O6S2. The van der Waals surface area contributed by atoms with Crippen LogP contribution in [0.3, 0.4) is 0 Å². The van der Waals surface area contributed by atoms with Crippen molar-refractivity contribution in [1.82, 2.24) is 9.29 Å². The van der Waals surface area contributed by atoms with Crippen LogP contribution in [0.15, 0.2) is 82.4 Å². The standard InChI is InChI=1S/C28H27N3O6S2/c1-18-23(25-29-15-16-36-25)38-26-24(18)39(34,35)30(17-21(32)37-28(2,3)4)27(33)31(26)22(19-11-7-5-8-12-19)20-13-9-6-10-14-20/h5-16,22H,17H2,1-4H3. The predicted octanol–water partition coefficient (Wildman–Crippen LogP) is 5.77. The van der Waals surface area contributed by atoms with E-state index in [-0.39, 0.29) is 15.8 Å². The van der Waals surface area contributed by atoms with Crippen molar-refractivity contribution in [1.29, 1.82) is 0 Å². The zero-order chi connectivity index (χ0) is 27.9. The van der Waals surface area contributed by atoms with Crippen LogP contribution in [-0.2, 0) is 19.6 Å². The van der Waals surface area contributed by atoms with E-state index in [1.54, 1.807) is 27.7 Å². The molecule has 0 unspecified atom stereocenters. The number of sulfonamides is 1. The number of oxazole rings is 1. The van der Waals surface area contributed by atoms with Gasteiger partial charge in [-0.3, -0.25) is 9.69 Å².